The zero-order valence-electron chi connectivity index (χ0n) is 11.3. The second-order valence-corrected chi connectivity index (χ2v) is 5.89. The van der Waals surface area contributed by atoms with E-state index in [9.17, 15) is 14.7 Å². The van der Waals surface area contributed by atoms with Crippen molar-refractivity contribution in [2.24, 2.45) is 5.92 Å². The number of hydrogen-bond acceptors (Lipinski definition) is 3. The van der Waals surface area contributed by atoms with Crippen LogP contribution in [0.4, 0.5) is 4.79 Å². The van der Waals surface area contributed by atoms with Gasteiger partial charge in [-0.1, -0.05) is 0 Å². The van der Waals surface area contributed by atoms with E-state index in [0.717, 1.165) is 6.42 Å². The molecule has 0 radical (unpaired) electrons. The van der Waals surface area contributed by atoms with E-state index in [2.05, 4.69) is 0 Å². The van der Waals surface area contributed by atoms with Crippen LogP contribution in [0.1, 0.15) is 32.6 Å². The predicted molar refractivity (Wildman–Crippen MR) is 68.8 cm³/mol. The van der Waals surface area contributed by atoms with Gasteiger partial charge in [0, 0.05) is 26.2 Å². The van der Waals surface area contributed by atoms with Gasteiger partial charge in [0.2, 0.25) is 0 Å². The summed E-state index contributed by atoms with van der Waals surface area (Å²) >= 11 is 0. The standard InChI is InChI=1S/C13H22N2O4/c1-13(19)4-7-14(8-5-13)12(18)15-6-2-3-10(9-15)11(16)17/h10,19H,2-9H2,1H3,(H,16,17)/t10-/m1/s1. The van der Waals surface area contributed by atoms with Crippen LogP contribution in [-0.2, 0) is 4.79 Å². The molecule has 0 aromatic carbocycles. The van der Waals surface area contributed by atoms with Gasteiger partial charge in [-0.25, -0.2) is 4.79 Å². The molecule has 2 fully saturated rings. The fourth-order valence-corrected chi connectivity index (χ4v) is 2.73. The number of nitrogens with zero attached hydrogens (tertiary/aromatic N) is 2. The first-order chi connectivity index (χ1) is 8.89. The molecule has 2 aliphatic heterocycles. The Morgan fingerprint density at radius 1 is 1.16 bits per heavy atom. The van der Waals surface area contributed by atoms with Gasteiger partial charge >= 0.3 is 12.0 Å². The van der Waals surface area contributed by atoms with E-state index < -0.39 is 17.5 Å². The first-order valence-corrected chi connectivity index (χ1v) is 6.88. The van der Waals surface area contributed by atoms with E-state index in [1.165, 1.54) is 0 Å². The summed E-state index contributed by atoms with van der Waals surface area (Å²) < 4.78 is 0. The van der Waals surface area contributed by atoms with Crippen molar-refractivity contribution in [1.29, 1.82) is 0 Å². The number of amides is 2. The molecular formula is C13H22N2O4. The van der Waals surface area contributed by atoms with Crippen molar-refractivity contribution in [2.75, 3.05) is 26.2 Å². The number of urea groups is 1. The van der Waals surface area contributed by atoms with E-state index in [4.69, 9.17) is 5.11 Å². The SMILES string of the molecule is CC1(O)CCN(C(=O)N2CCC[C@@H](C(=O)O)C2)CC1. The van der Waals surface area contributed by atoms with Gasteiger partial charge in [0.15, 0.2) is 0 Å². The van der Waals surface area contributed by atoms with Gasteiger partial charge in [-0.3, -0.25) is 4.79 Å². The van der Waals surface area contributed by atoms with Crippen molar-refractivity contribution < 1.29 is 19.8 Å². The van der Waals surface area contributed by atoms with E-state index in [-0.39, 0.29) is 6.03 Å². The topological polar surface area (TPSA) is 81.1 Å². The highest BCUT2D eigenvalue weighted by molar-refractivity contribution is 5.76. The van der Waals surface area contributed by atoms with Crippen molar-refractivity contribution in [3.63, 3.8) is 0 Å². The number of piperidine rings is 2. The lowest BCUT2D eigenvalue weighted by atomic mass is 9.94. The molecule has 2 heterocycles. The molecule has 0 unspecified atom stereocenters. The third kappa shape index (κ3) is 3.37. The minimum Gasteiger partial charge on any atom is -0.481 e. The van der Waals surface area contributed by atoms with Gasteiger partial charge in [-0.15, -0.1) is 0 Å². The summed E-state index contributed by atoms with van der Waals surface area (Å²) in [5.74, 6) is -1.26. The number of aliphatic carboxylic acids is 1. The van der Waals surface area contributed by atoms with E-state index in [1.807, 2.05) is 0 Å². The second-order valence-electron chi connectivity index (χ2n) is 5.89. The quantitative estimate of drug-likeness (QED) is 0.736. The minimum absolute atomic E-state index is 0.0820. The van der Waals surface area contributed by atoms with E-state index in [0.29, 0.717) is 45.4 Å². The lowest BCUT2D eigenvalue weighted by Crippen LogP contribution is -2.53. The molecule has 2 aliphatic rings. The second kappa shape index (κ2) is 5.36. The molecule has 2 rings (SSSR count). The van der Waals surface area contributed by atoms with Crippen LogP contribution in [0.3, 0.4) is 0 Å². The molecule has 0 bridgehead atoms. The number of carboxylic acid groups (broad SMARTS) is 1. The number of carbonyl (C=O) groups excluding carboxylic acids is 1. The van der Waals surface area contributed by atoms with Gasteiger partial charge in [-0.05, 0) is 32.6 Å². The number of carboxylic acids is 1. The van der Waals surface area contributed by atoms with Crippen molar-refractivity contribution in [2.45, 2.75) is 38.2 Å². The molecule has 108 valence electrons. The predicted octanol–water partition coefficient (Wildman–Crippen LogP) is 0.750. The molecule has 0 aromatic heterocycles. The summed E-state index contributed by atoms with van der Waals surface area (Å²) in [5.41, 5.74) is -0.678. The molecule has 2 amide bonds. The Kier molecular flexibility index (Phi) is 3.99. The summed E-state index contributed by atoms with van der Waals surface area (Å²) in [5, 5.41) is 18.9. The fourth-order valence-electron chi connectivity index (χ4n) is 2.73. The Bertz CT molecular complexity index is 360. The zero-order chi connectivity index (χ0) is 14.0. The van der Waals surface area contributed by atoms with Gasteiger partial charge in [0.1, 0.15) is 0 Å². The molecule has 6 heteroatoms. The lowest BCUT2D eigenvalue weighted by Gasteiger charge is -2.40. The van der Waals surface area contributed by atoms with Crippen LogP contribution < -0.4 is 0 Å². The molecular weight excluding hydrogens is 248 g/mol. The monoisotopic (exact) mass is 270 g/mol. The third-order valence-corrected chi connectivity index (χ3v) is 4.15. The highest BCUT2D eigenvalue weighted by atomic mass is 16.4. The highest BCUT2D eigenvalue weighted by Crippen LogP contribution is 2.24. The Morgan fingerprint density at radius 2 is 1.79 bits per heavy atom. The molecule has 2 saturated heterocycles. The summed E-state index contributed by atoms with van der Waals surface area (Å²) in [6.45, 7) is 3.81. The summed E-state index contributed by atoms with van der Waals surface area (Å²) in [6, 6.07) is -0.0820. The number of hydrogen-bond donors (Lipinski definition) is 2. The van der Waals surface area contributed by atoms with Gasteiger partial charge < -0.3 is 20.0 Å². The Hall–Kier alpha value is -1.30. The van der Waals surface area contributed by atoms with Crippen molar-refractivity contribution in [3.8, 4) is 0 Å². The molecule has 0 spiro atoms. The van der Waals surface area contributed by atoms with Crippen molar-refractivity contribution in [1.82, 2.24) is 9.80 Å². The summed E-state index contributed by atoms with van der Waals surface area (Å²) in [7, 11) is 0. The van der Waals surface area contributed by atoms with Crippen LogP contribution >= 0.6 is 0 Å². The molecule has 19 heavy (non-hydrogen) atoms. The maximum absolute atomic E-state index is 12.3. The zero-order valence-corrected chi connectivity index (χ0v) is 11.3. The Balaban J connectivity index is 1.91. The van der Waals surface area contributed by atoms with Crippen LogP contribution in [0.25, 0.3) is 0 Å². The molecule has 0 saturated carbocycles. The van der Waals surface area contributed by atoms with Gasteiger partial charge in [0.25, 0.3) is 0 Å². The van der Waals surface area contributed by atoms with Crippen molar-refractivity contribution >= 4 is 12.0 Å². The largest absolute Gasteiger partial charge is 0.481 e. The van der Waals surface area contributed by atoms with Gasteiger partial charge in [0.05, 0.1) is 11.5 Å². The summed E-state index contributed by atoms with van der Waals surface area (Å²) in [4.78, 5) is 26.7. The minimum atomic E-state index is -0.820. The number of carbonyl (C=O) groups is 2. The maximum atomic E-state index is 12.3. The van der Waals surface area contributed by atoms with Crippen LogP contribution in [0.2, 0.25) is 0 Å². The first-order valence-electron chi connectivity index (χ1n) is 6.88. The lowest BCUT2D eigenvalue weighted by molar-refractivity contribution is -0.143. The molecule has 0 aromatic rings. The molecule has 2 N–H and O–H groups in total. The van der Waals surface area contributed by atoms with Gasteiger partial charge in [-0.2, -0.15) is 0 Å². The van der Waals surface area contributed by atoms with E-state index in [1.54, 1.807) is 16.7 Å². The van der Waals surface area contributed by atoms with Crippen LogP contribution in [-0.4, -0.2) is 63.8 Å². The van der Waals surface area contributed by atoms with Crippen LogP contribution in [0.5, 0.6) is 0 Å². The molecule has 6 nitrogen and oxygen atoms in total. The smallest absolute Gasteiger partial charge is 0.320 e. The normalized spacial score (nSPS) is 27.2. The number of likely N-dealkylation sites (tertiary alicyclic amines) is 2. The molecule has 0 aliphatic carbocycles. The number of aliphatic hydroxyl groups is 1. The van der Waals surface area contributed by atoms with Crippen LogP contribution in [0, 0.1) is 5.92 Å². The Labute approximate surface area is 113 Å². The average molecular weight is 270 g/mol. The third-order valence-electron chi connectivity index (χ3n) is 4.15. The average Bonchev–Trinajstić information content (AvgIpc) is 2.38. The molecule has 1 atom stereocenters. The van der Waals surface area contributed by atoms with E-state index >= 15 is 0 Å². The fraction of sp³-hybridized carbons (Fsp3) is 0.846. The Morgan fingerprint density at radius 3 is 2.37 bits per heavy atom. The first kappa shape index (κ1) is 14.1. The maximum Gasteiger partial charge on any atom is 0.320 e. The highest BCUT2D eigenvalue weighted by Gasteiger charge is 2.34. The van der Waals surface area contributed by atoms with Crippen molar-refractivity contribution in [3.05, 3.63) is 0 Å². The summed E-state index contributed by atoms with van der Waals surface area (Å²) in [6.07, 6.45) is 2.55. The van der Waals surface area contributed by atoms with Crippen LogP contribution in [0.15, 0.2) is 0 Å². The number of rotatable bonds is 1.